The minimum absolute atomic E-state index is 0.199. The molecule has 0 bridgehead atoms. The summed E-state index contributed by atoms with van der Waals surface area (Å²) in [4.78, 5) is 15.7. The number of nitrogens with zero attached hydrogens (tertiary/aromatic N) is 3. The van der Waals surface area contributed by atoms with E-state index < -0.39 is 28.0 Å². The molecule has 1 aliphatic heterocycles. The first kappa shape index (κ1) is 24.0. The van der Waals surface area contributed by atoms with E-state index in [2.05, 4.69) is 21.1 Å². The van der Waals surface area contributed by atoms with Gasteiger partial charge in [0.25, 0.3) is 5.89 Å². The summed E-state index contributed by atoms with van der Waals surface area (Å²) in [5.41, 5.74) is 0.843. The Kier molecular flexibility index (Phi) is 6.41. The van der Waals surface area contributed by atoms with Gasteiger partial charge in [0.15, 0.2) is 12.4 Å². The minimum atomic E-state index is -3.27. The molecule has 1 saturated heterocycles. The SMILES string of the molecule is O=C(O)COc1ccc(Br)cc1-c1nc(C2(c3ccccc3)CCN(S(=O)(=O)C3CC3)CC2)no1. The lowest BCUT2D eigenvalue weighted by Gasteiger charge is -2.39. The molecule has 0 radical (unpaired) electrons. The highest BCUT2D eigenvalue weighted by Gasteiger charge is 2.47. The van der Waals surface area contributed by atoms with E-state index in [4.69, 9.17) is 19.4 Å². The number of piperidine rings is 1. The topological polar surface area (TPSA) is 123 Å². The summed E-state index contributed by atoms with van der Waals surface area (Å²) in [6.45, 7) is 0.248. The molecule has 1 aliphatic carbocycles. The number of hydrogen-bond acceptors (Lipinski definition) is 7. The fraction of sp³-hybridized carbons (Fsp3) is 0.375. The van der Waals surface area contributed by atoms with Gasteiger partial charge in [0.1, 0.15) is 5.75 Å². The van der Waals surface area contributed by atoms with Gasteiger partial charge in [0, 0.05) is 17.6 Å². The molecule has 2 heterocycles. The smallest absolute Gasteiger partial charge is 0.341 e. The Balaban J connectivity index is 1.50. The van der Waals surface area contributed by atoms with E-state index in [1.807, 2.05) is 30.3 Å². The standard InChI is InChI=1S/C24H24BrN3O6S/c25-17-6-9-20(33-15-21(29)30)19(14-17)22-26-23(27-34-22)24(16-4-2-1-3-5-16)10-12-28(13-11-24)35(31,32)18-7-8-18/h1-6,9,14,18H,7-8,10-13,15H2,(H,29,30). The zero-order valence-electron chi connectivity index (χ0n) is 18.8. The highest BCUT2D eigenvalue weighted by Crippen LogP contribution is 2.43. The number of aliphatic carboxylic acids is 1. The van der Waals surface area contributed by atoms with Gasteiger partial charge in [-0.15, -0.1) is 0 Å². The zero-order chi connectivity index (χ0) is 24.6. The van der Waals surface area contributed by atoms with Crippen LogP contribution < -0.4 is 4.74 Å². The molecule has 1 aromatic heterocycles. The van der Waals surface area contributed by atoms with Crippen LogP contribution in [0, 0.1) is 0 Å². The van der Waals surface area contributed by atoms with Crippen LogP contribution in [0.2, 0.25) is 0 Å². The second kappa shape index (κ2) is 9.36. The van der Waals surface area contributed by atoms with E-state index in [0.717, 1.165) is 22.9 Å². The number of hydrogen-bond donors (Lipinski definition) is 1. The lowest BCUT2D eigenvalue weighted by atomic mass is 9.72. The van der Waals surface area contributed by atoms with Crippen LogP contribution in [0.3, 0.4) is 0 Å². The lowest BCUT2D eigenvalue weighted by molar-refractivity contribution is -0.139. The predicted molar refractivity (Wildman–Crippen MR) is 131 cm³/mol. The van der Waals surface area contributed by atoms with Crippen molar-refractivity contribution >= 4 is 31.9 Å². The molecule has 5 rings (SSSR count). The minimum Gasteiger partial charge on any atom is -0.481 e. The van der Waals surface area contributed by atoms with Crippen molar-refractivity contribution < 1.29 is 27.6 Å². The molecule has 2 aliphatic rings. The van der Waals surface area contributed by atoms with Gasteiger partial charge >= 0.3 is 5.97 Å². The van der Waals surface area contributed by atoms with Gasteiger partial charge in [-0.05, 0) is 49.4 Å². The predicted octanol–water partition coefficient (Wildman–Crippen LogP) is 3.84. The number of ether oxygens (including phenoxy) is 1. The third-order valence-electron chi connectivity index (χ3n) is 6.59. The van der Waals surface area contributed by atoms with Gasteiger partial charge in [0.2, 0.25) is 10.0 Å². The summed E-state index contributed by atoms with van der Waals surface area (Å²) < 4.78 is 39.1. The van der Waals surface area contributed by atoms with Gasteiger partial charge in [-0.2, -0.15) is 4.98 Å². The van der Waals surface area contributed by atoms with Crippen molar-refractivity contribution in [3.8, 4) is 17.2 Å². The second-order valence-electron chi connectivity index (χ2n) is 8.84. The van der Waals surface area contributed by atoms with E-state index in [9.17, 15) is 13.2 Å². The number of sulfonamides is 1. The van der Waals surface area contributed by atoms with Crippen molar-refractivity contribution in [2.75, 3.05) is 19.7 Å². The summed E-state index contributed by atoms with van der Waals surface area (Å²) in [6.07, 6.45) is 2.50. The van der Waals surface area contributed by atoms with Gasteiger partial charge in [-0.25, -0.2) is 17.5 Å². The van der Waals surface area contributed by atoms with Crippen molar-refractivity contribution in [3.63, 3.8) is 0 Å². The normalized spacial score (nSPS) is 18.3. The van der Waals surface area contributed by atoms with Crippen molar-refractivity contribution in [1.82, 2.24) is 14.4 Å². The fourth-order valence-electron chi connectivity index (χ4n) is 4.56. The van der Waals surface area contributed by atoms with Crippen LogP contribution in [0.1, 0.15) is 37.1 Å². The molecule has 1 N–H and O–H groups in total. The van der Waals surface area contributed by atoms with Crippen molar-refractivity contribution in [3.05, 3.63) is 64.4 Å². The monoisotopic (exact) mass is 561 g/mol. The number of halogens is 1. The number of carboxylic acids is 1. The Morgan fingerprint density at radius 2 is 1.89 bits per heavy atom. The first-order valence-corrected chi connectivity index (χ1v) is 13.6. The van der Waals surface area contributed by atoms with Crippen LogP contribution in [0.25, 0.3) is 11.5 Å². The largest absolute Gasteiger partial charge is 0.481 e. The molecule has 9 nitrogen and oxygen atoms in total. The third kappa shape index (κ3) is 4.72. The van der Waals surface area contributed by atoms with Gasteiger partial charge in [0.05, 0.1) is 16.2 Å². The van der Waals surface area contributed by atoms with Crippen LogP contribution in [0.5, 0.6) is 5.75 Å². The maximum atomic E-state index is 12.8. The highest BCUT2D eigenvalue weighted by molar-refractivity contribution is 9.10. The van der Waals surface area contributed by atoms with Crippen LogP contribution in [-0.4, -0.2) is 58.9 Å². The average Bonchev–Trinajstić information content (AvgIpc) is 3.61. The molecule has 0 atom stereocenters. The van der Waals surface area contributed by atoms with Crippen molar-refractivity contribution in [2.45, 2.75) is 36.3 Å². The number of aromatic nitrogens is 2. The van der Waals surface area contributed by atoms with Crippen LogP contribution in [0.4, 0.5) is 0 Å². The number of carboxylic acid groups (broad SMARTS) is 1. The van der Waals surface area contributed by atoms with Crippen LogP contribution in [-0.2, 0) is 20.2 Å². The maximum Gasteiger partial charge on any atom is 0.341 e. The Morgan fingerprint density at radius 3 is 2.54 bits per heavy atom. The number of carbonyl (C=O) groups is 1. The molecule has 0 unspecified atom stereocenters. The van der Waals surface area contributed by atoms with E-state index in [-0.39, 0.29) is 11.1 Å². The fourth-order valence-corrected chi connectivity index (χ4v) is 6.77. The maximum absolute atomic E-state index is 12.8. The summed E-state index contributed by atoms with van der Waals surface area (Å²) >= 11 is 3.42. The van der Waals surface area contributed by atoms with Gasteiger partial charge < -0.3 is 14.4 Å². The summed E-state index contributed by atoms with van der Waals surface area (Å²) in [7, 11) is -3.27. The number of benzene rings is 2. The Morgan fingerprint density at radius 1 is 1.17 bits per heavy atom. The van der Waals surface area contributed by atoms with E-state index in [0.29, 0.717) is 43.1 Å². The molecular weight excluding hydrogens is 538 g/mol. The first-order valence-electron chi connectivity index (χ1n) is 11.3. The summed E-state index contributed by atoms with van der Waals surface area (Å²) in [6, 6.07) is 14.9. The van der Waals surface area contributed by atoms with E-state index >= 15 is 0 Å². The molecule has 0 spiro atoms. The molecule has 2 aromatic carbocycles. The molecule has 35 heavy (non-hydrogen) atoms. The lowest BCUT2D eigenvalue weighted by Crippen LogP contribution is -2.47. The molecule has 11 heteroatoms. The van der Waals surface area contributed by atoms with Crippen LogP contribution >= 0.6 is 15.9 Å². The Hall–Kier alpha value is -2.76. The molecule has 1 saturated carbocycles. The second-order valence-corrected chi connectivity index (χ2v) is 12.0. The third-order valence-corrected chi connectivity index (χ3v) is 9.48. The Bertz CT molecular complexity index is 1330. The first-order chi connectivity index (χ1) is 16.8. The van der Waals surface area contributed by atoms with Crippen molar-refractivity contribution in [2.24, 2.45) is 0 Å². The molecular formula is C24H24BrN3O6S. The molecule has 0 amide bonds. The Labute approximate surface area is 211 Å². The molecule has 2 fully saturated rings. The van der Waals surface area contributed by atoms with E-state index in [1.165, 1.54) is 0 Å². The highest BCUT2D eigenvalue weighted by atomic mass is 79.9. The number of rotatable bonds is 8. The van der Waals surface area contributed by atoms with Gasteiger partial charge in [-0.1, -0.05) is 51.4 Å². The summed E-state index contributed by atoms with van der Waals surface area (Å²) in [5.74, 6) is -0.123. The molecule has 184 valence electrons. The van der Waals surface area contributed by atoms with E-state index in [1.54, 1.807) is 22.5 Å². The zero-order valence-corrected chi connectivity index (χ0v) is 21.2. The van der Waals surface area contributed by atoms with Gasteiger partial charge in [-0.3, -0.25) is 0 Å². The van der Waals surface area contributed by atoms with Crippen LogP contribution in [0.15, 0.2) is 57.5 Å². The average molecular weight is 562 g/mol. The molecule has 3 aromatic rings. The quantitative estimate of drug-likeness (QED) is 0.440. The van der Waals surface area contributed by atoms with Crippen molar-refractivity contribution in [1.29, 1.82) is 0 Å². The summed E-state index contributed by atoms with van der Waals surface area (Å²) in [5, 5.41) is 13.1.